The number of esters is 1. The molecule has 1 heterocycles. The highest BCUT2D eigenvalue weighted by Crippen LogP contribution is 2.29. The zero-order valence-electron chi connectivity index (χ0n) is 14.5. The van der Waals surface area contributed by atoms with E-state index in [1.807, 2.05) is 25.1 Å². The summed E-state index contributed by atoms with van der Waals surface area (Å²) in [7, 11) is 4.54. The Balaban J connectivity index is 2.01. The van der Waals surface area contributed by atoms with Crippen LogP contribution >= 0.6 is 23.6 Å². The molecule has 0 saturated carbocycles. The van der Waals surface area contributed by atoms with Gasteiger partial charge in [-0.3, -0.25) is 0 Å². The van der Waals surface area contributed by atoms with E-state index in [1.165, 1.54) is 18.4 Å². The SMILES string of the molecule is COC(=O)c1cc(C)sc1NC(=S)NCc1ccc(OC)c(OC)c1. The fourth-order valence-corrected chi connectivity index (χ4v) is 3.33. The fourth-order valence-electron chi connectivity index (χ4n) is 2.19. The molecule has 0 amide bonds. The fraction of sp³-hybridized carbons (Fsp3) is 0.294. The zero-order chi connectivity index (χ0) is 18.4. The Hall–Kier alpha value is -2.32. The van der Waals surface area contributed by atoms with E-state index in [1.54, 1.807) is 20.3 Å². The number of benzene rings is 1. The predicted octanol–water partition coefficient (Wildman–Crippen LogP) is 3.35. The van der Waals surface area contributed by atoms with Crippen molar-refractivity contribution in [2.75, 3.05) is 26.6 Å². The van der Waals surface area contributed by atoms with Crippen LogP contribution in [-0.4, -0.2) is 32.4 Å². The lowest BCUT2D eigenvalue weighted by molar-refractivity contribution is 0.0602. The van der Waals surface area contributed by atoms with Crippen LogP contribution < -0.4 is 20.1 Å². The number of hydrogen-bond acceptors (Lipinski definition) is 6. The van der Waals surface area contributed by atoms with E-state index in [4.69, 9.17) is 26.4 Å². The minimum Gasteiger partial charge on any atom is -0.493 e. The largest absolute Gasteiger partial charge is 0.493 e. The molecule has 134 valence electrons. The molecule has 0 atom stereocenters. The van der Waals surface area contributed by atoms with Crippen molar-refractivity contribution in [3.05, 3.63) is 40.3 Å². The second-order valence-electron chi connectivity index (χ2n) is 5.09. The average molecular weight is 380 g/mol. The lowest BCUT2D eigenvalue weighted by Gasteiger charge is -2.12. The molecule has 1 aromatic heterocycles. The molecule has 0 aliphatic rings. The summed E-state index contributed by atoms with van der Waals surface area (Å²) in [5.41, 5.74) is 1.46. The first-order valence-electron chi connectivity index (χ1n) is 7.43. The van der Waals surface area contributed by atoms with Crippen molar-refractivity contribution < 1.29 is 19.0 Å². The molecule has 8 heteroatoms. The van der Waals surface area contributed by atoms with Crippen LogP contribution in [0.5, 0.6) is 11.5 Å². The summed E-state index contributed by atoms with van der Waals surface area (Å²) in [5, 5.41) is 7.24. The minimum atomic E-state index is -0.394. The molecule has 0 radical (unpaired) electrons. The van der Waals surface area contributed by atoms with Crippen molar-refractivity contribution in [3.8, 4) is 11.5 Å². The summed E-state index contributed by atoms with van der Waals surface area (Å²) in [6.45, 7) is 2.42. The van der Waals surface area contributed by atoms with E-state index in [9.17, 15) is 4.79 Å². The maximum atomic E-state index is 11.8. The summed E-state index contributed by atoms with van der Waals surface area (Å²) in [6.07, 6.45) is 0. The first-order chi connectivity index (χ1) is 12.0. The number of ether oxygens (including phenoxy) is 3. The summed E-state index contributed by atoms with van der Waals surface area (Å²) in [4.78, 5) is 12.8. The number of carbonyl (C=O) groups is 1. The van der Waals surface area contributed by atoms with Gasteiger partial charge in [0.25, 0.3) is 0 Å². The van der Waals surface area contributed by atoms with Gasteiger partial charge in [0.15, 0.2) is 16.6 Å². The number of aryl methyl sites for hydroxylation is 1. The number of thiophene rings is 1. The molecule has 0 saturated heterocycles. The molecule has 0 aliphatic heterocycles. The highest BCUT2D eigenvalue weighted by molar-refractivity contribution is 7.80. The molecule has 6 nitrogen and oxygen atoms in total. The van der Waals surface area contributed by atoms with Crippen molar-refractivity contribution in [1.29, 1.82) is 0 Å². The number of rotatable bonds is 6. The topological polar surface area (TPSA) is 68.8 Å². The van der Waals surface area contributed by atoms with Crippen LogP contribution in [-0.2, 0) is 11.3 Å². The van der Waals surface area contributed by atoms with Crippen molar-refractivity contribution in [2.24, 2.45) is 0 Å². The van der Waals surface area contributed by atoms with Gasteiger partial charge in [-0.05, 0) is 42.9 Å². The highest BCUT2D eigenvalue weighted by atomic mass is 32.1. The Morgan fingerprint density at radius 1 is 1.16 bits per heavy atom. The maximum absolute atomic E-state index is 11.8. The van der Waals surface area contributed by atoms with Crippen molar-refractivity contribution in [1.82, 2.24) is 5.32 Å². The zero-order valence-corrected chi connectivity index (χ0v) is 16.1. The third-order valence-corrected chi connectivity index (χ3v) is 4.60. The number of thiocarbonyl (C=S) groups is 1. The Labute approximate surface area is 156 Å². The number of nitrogens with one attached hydrogen (secondary N) is 2. The van der Waals surface area contributed by atoms with Crippen LogP contribution in [0.4, 0.5) is 5.00 Å². The van der Waals surface area contributed by atoms with E-state index >= 15 is 0 Å². The van der Waals surface area contributed by atoms with E-state index in [2.05, 4.69) is 10.6 Å². The van der Waals surface area contributed by atoms with Gasteiger partial charge < -0.3 is 24.8 Å². The number of methoxy groups -OCH3 is 3. The van der Waals surface area contributed by atoms with E-state index in [0.29, 0.717) is 33.7 Å². The minimum absolute atomic E-state index is 0.394. The van der Waals surface area contributed by atoms with Gasteiger partial charge in [-0.25, -0.2) is 4.79 Å². The van der Waals surface area contributed by atoms with Crippen LogP contribution in [0.15, 0.2) is 24.3 Å². The molecule has 0 bridgehead atoms. The van der Waals surface area contributed by atoms with Gasteiger partial charge in [0.1, 0.15) is 5.00 Å². The van der Waals surface area contributed by atoms with Gasteiger partial charge in [-0.1, -0.05) is 6.07 Å². The van der Waals surface area contributed by atoms with Gasteiger partial charge in [0.2, 0.25) is 0 Å². The summed E-state index contributed by atoms with van der Waals surface area (Å²) in [6, 6.07) is 7.41. The smallest absolute Gasteiger partial charge is 0.340 e. The Bertz CT molecular complexity index is 774. The second-order valence-corrected chi connectivity index (χ2v) is 6.75. The Morgan fingerprint density at radius 3 is 2.52 bits per heavy atom. The molecule has 1 aromatic carbocycles. The van der Waals surface area contributed by atoms with E-state index in [-0.39, 0.29) is 0 Å². The van der Waals surface area contributed by atoms with Gasteiger partial charge in [-0.15, -0.1) is 11.3 Å². The predicted molar refractivity (Wildman–Crippen MR) is 103 cm³/mol. The molecule has 25 heavy (non-hydrogen) atoms. The molecule has 0 fully saturated rings. The van der Waals surface area contributed by atoms with Crippen molar-refractivity contribution in [2.45, 2.75) is 13.5 Å². The van der Waals surface area contributed by atoms with Gasteiger partial charge in [-0.2, -0.15) is 0 Å². The average Bonchev–Trinajstić information content (AvgIpc) is 2.99. The lowest BCUT2D eigenvalue weighted by Crippen LogP contribution is -2.28. The van der Waals surface area contributed by atoms with Gasteiger partial charge in [0.05, 0.1) is 26.9 Å². The molecule has 0 aliphatic carbocycles. The summed E-state index contributed by atoms with van der Waals surface area (Å²) < 4.78 is 15.3. The van der Waals surface area contributed by atoms with Crippen LogP contribution in [0.3, 0.4) is 0 Å². The normalized spacial score (nSPS) is 10.1. The lowest BCUT2D eigenvalue weighted by atomic mass is 10.2. The van der Waals surface area contributed by atoms with E-state index in [0.717, 1.165) is 10.4 Å². The van der Waals surface area contributed by atoms with E-state index < -0.39 is 5.97 Å². The molecular formula is C17H20N2O4S2. The third kappa shape index (κ3) is 4.83. The molecule has 2 N–H and O–H groups in total. The van der Waals surface area contributed by atoms with Crippen molar-refractivity contribution >= 4 is 39.6 Å². The monoisotopic (exact) mass is 380 g/mol. The summed E-state index contributed by atoms with van der Waals surface area (Å²) in [5.74, 6) is 0.931. The van der Waals surface area contributed by atoms with Gasteiger partial charge >= 0.3 is 5.97 Å². The number of anilines is 1. The quantitative estimate of drug-likeness (QED) is 0.588. The molecule has 0 spiro atoms. The Kier molecular flexibility index (Phi) is 6.60. The van der Waals surface area contributed by atoms with Crippen LogP contribution in [0, 0.1) is 6.92 Å². The van der Waals surface area contributed by atoms with Crippen LogP contribution in [0.2, 0.25) is 0 Å². The maximum Gasteiger partial charge on any atom is 0.340 e. The van der Waals surface area contributed by atoms with Crippen LogP contribution in [0.25, 0.3) is 0 Å². The number of carbonyl (C=O) groups excluding carboxylic acids is 1. The molecule has 2 rings (SSSR count). The molecule has 2 aromatic rings. The second kappa shape index (κ2) is 8.68. The Morgan fingerprint density at radius 2 is 1.88 bits per heavy atom. The highest BCUT2D eigenvalue weighted by Gasteiger charge is 2.16. The van der Waals surface area contributed by atoms with Gasteiger partial charge in [0, 0.05) is 11.4 Å². The first-order valence-corrected chi connectivity index (χ1v) is 8.65. The molecular weight excluding hydrogens is 360 g/mol. The van der Waals surface area contributed by atoms with Crippen molar-refractivity contribution in [3.63, 3.8) is 0 Å². The molecule has 0 unspecified atom stereocenters. The third-order valence-electron chi connectivity index (χ3n) is 3.39. The first kappa shape index (κ1) is 19.0. The standard InChI is InChI=1S/C17H20N2O4S2/c1-10-7-12(16(20)23-4)15(25-10)19-17(24)18-9-11-5-6-13(21-2)14(8-11)22-3/h5-8H,9H2,1-4H3,(H2,18,19,24). The summed E-state index contributed by atoms with van der Waals surface area (Å²) >= 11 is 6.76. The van der Waals surface area contributed by atoms with Crippen LogP contribution in [0.1, 0.15) is 20.8 Å². The number of hydrogen-bond donors (Lipinski definition) is 2.